The molecule has 0 radical (unpaired) electrons. The minimum atomic E-state index is -0.215. The number of carbonyl (C=O) groups excluding carboxylic acids is 2. The van der Waals surface area contributed by atoms with Crippen LogP contribution in [-0.4, -0.2) is 31.1 Å². The smallest absolute Gasteiger partial charge is 0.253 e. The Morgan fingerprint density at radius 3 is 2.67 bits per heavy atom. The summed E-state index contributed by atoms with van der Waals surface area (Å²) >= 11 is 6.13. The molecule has 1 heterocycles. The van der Waals surface area contributed by atoms with E-state index in [9.17, 15) is 9.59 Å². The third-order valence-electron chi connectivity index (χ3n) is 4.54. The summed E-state index contributed by atoms with van der Waals surface area (Å²) in [6.07, 6.45) is 2.89. The summed E-state index contributed by atoms with van der Waals surface area (Å²) < 4.78 is 5.52. The van der Waals surface area contributed by atoms with Gasteiger partial charge in [-0.05, 0) is 43.0 Å². The molecule has 1 aliphatic rings. The van der Waals surface area contributed by atoms with Crippen molar-refractivity contribution in [3.05, 3.63) is 64.7 Å². The van der Waals surface area contributed by atoms with E-state index < -0.39 is 0 Å². The summed E-state index contributed by atoms with van der Waals surface area (Å²) in [5.41, 5.74) is 1.88. The third kappa shape index (κ3) is 5.55. The van der Waals surface area contributed by atoms with Gasteiger partial charge in [-0.2, -0.15) is 0 Å². The fourth-order valence-corrected chi connectivity index (χ4v) is 3.29. The zero-order chi connectivity index (χ0) is 19.1. The second kappa shape index (κ2) is 9.53. The minimum Gasteiger partial charge on any atom is -0.376 e. The van der Waals surface area contributed by atoms with Crippen LogP contribution in [0, 0.1) is 0 Å². The number of benzene rings is 2. The quantitative estimate of drug-likeness (QED) is 0.760. The van der Waals surface area contributed by atoms with Crippen LogP contribution in [0.25, 0.3) is 0 Å². The first kappa shape index (κ1) is 19.4. The number of hydrogen-bond donors (Lipinski definition) is 2. The molecule has 0 bridgehead atoms. The average Bonchev–Trinajstić information content (AvgIpc) is 3.19. The maximum atomic E-state index is 12.5. The van der Waals surface area contributed by atoms with Gasteiger partial charge in [-0.15, -0.1) is 0 Å². The van der Waals surface area contributed by atoms with Crippen molar-refractivity contribution in [2.24, 2.45) is 0 Å². The first-order valence-electron chi connectivity index (χ1n) is 9.15. The standard InChI is InChI=1S/C21H23ClN2O3/c22-18-9-3-1-6-15(18)11-12-20(25)24-19-10-4-2-8-17(19)21(26)23-14-16-7-5-13-27-16/h1-4,6,8-10,16H,5,7,11-14H2,(H,23,26)(H,24,25)/t16-/m1/s1. The number of hydrogen-bond acceptors (Lipinski definition) is 3. The molecule has 2 aromatic carbocycles. The number of amides is 2. The molecule has 2 aromatic rings. The van der Waals surface area contributed by atoms with Crippen molar-refractivity contribution in [3.8, 4) is 0 Å². The predicted octanol–water partition coefficient (Wildman–Crippen LogP) is 3.82. The summed E-state index contributed by atoms with van der Waals surface area (Å²) in [6.45, 7) is 1.23. The van der Waals surface area contributed by atoms with Crippen LogP contribution < -0.4 is 10.6 Å². The highest BCUT2D eigenvalue weighted by Crippen LogP contribution is 2.19. The number of rotatable bonds is 7. The zero-order valence-electron chi connectivity index (χ0n) is 15.0. The van der Waals surface area contributed by atoms with Crippen LogP contribution in [0.3, 0.4) is 0 Å². The van der Waals surface area contributed by atoms with Gasteiger partial charge in [0.25, 0.3) is 5.91 Å². The lowest BCUT2D eigenvalue weighted by Crippen LogP contribution is -2.32. The second-order valence-electron chi connectivity index (χ2n) is 6.53. The average molecular weight is 387 g/mol. The number of ether oxygens (including phenoxy) is 1. The number of nitrogens with one attached hydrogen (secondary N) is 2. The number of anilines is 1. The van der Waals surface area contributed by atoms with Crippen molar-refractivity contribution in [2.45, 2.75) is 31.8 Å². The van der Waals surface area contributed by atoms with Gasteiger partial charge in [0.05, 0.1) is 17.4 Å². The first-order chi connectivity index (χ1) is 13.1. The third-order valence-corrected chi connectivity index (χ3v) is 4.91. The lowest BCUT2D eigenvalue weighted by molar-refractivity contribution is -0.116. The van der Waals surface area contributed by atoms with Gasteiger partial charge in [-0.25, -0.2) is 0 Å². The Morgan fingerprint density at radius 1 is 1.11 bits per heavy atom. The van der Waals surface area contributed by atoms with Crippen LogP contribution >= 0.6 is 11.6 Å². The minimum absolute atomic E-state index is 0.0753. The second-order valence-corrected chi connectivity index (χ2v) is 6.94. The van der Waals surface area contributed by atoms with Crippen molar-refractivity contribution in [1.82, 2.24) is 5.32 Å². The van der Waals surface area contributed by atoms with Crippen LogP contribution in [-0.2, 0) is 16.0 Å². The SMILES string of the molecule is O=C(CCc1ccccc1Cl)Nc1ccccc1C(=O)NC[C@H]1CCCO1. The summed E-state index contributed by atoms with van der Waals surface area (Å²) in [7, 11) is 0. The maximum absolute atomic E-state index is 12.5. The molecule has 6 heteroatoms. The molecule has 1 fully saturated rings. The molecule has 2 amide bonds. The van der Waals surface area contributed by atoms with Crippen molar-refractivity contribution in [1.29, 1.82) is 0 Å². The monoisotopic (exact) mass is 386 g/mol. The van der Waals surface area contributed by atoms with E-state index in [1.807, 2.05) is 24.3 Å². The van der Waals surface area contributed by atoms with Gasteiger partial charge in [-0.3, -0.25) is 9.59 Å². The molecule has 3 rings (SSSR count). The Kier molecular flexibility index (Phi) is 6.85. The van der Waals surface area contributed by atoms with Gasteiger partial charge < -0.3 is 15.4 Å². The molecule has 5 nitrogen and oxygen atoms in total. The van der Waals surface area contributed by atoms with Crippen LogP contribution in [0.4, 0.5) is 5.69 Å². The number of aryl methyl sites for hydroxylation is 1. The van der Waals surface area contributed by atoms with E-state index >= 15 is 0 Å². The molecule has 0 aromatic heterocycles. The lowest BCUT2D eigenvalue weighted by Gasteiger charge is -2.14. The predicted molar refractivity (Wildman–Crippen MR) is 106 cm³/mol. The van der Waals surface area contributed by atoms with E-state index in [0.717, 1.165) is 25.0 Å². The molecule has 0 aliphatic carbocycles. The van der Waals surface area contributed by atoms with Gasteiger partial charge in [0.1, 0.15) is 0 Å². The fraction of sp³-hybridized carbons (Fsp3) is 0.333. The van der Waals surface area contributed by atoms with Gasteiger partial charge >= 0.3 is 0 Å². The summed E-state index contributed by atoms with van der Waals surface area (Å²) in [6, 6.07) is 14.5. The fourth-order valence-electron chi connectivity index (χ4n) is 3.06. The molecule has 1 aliphatic heterocycles. The summed E-state index contributed by atoms with van der Waals surface area (Å²) in [5, 5.41) is 6.37. The van der Waals surface area contributed by atoms with Crippen LogP contribution in [0.15, 0.2) is 48.5 Å². The van der Waals surface area contributed by atoms with Crippen molar-refractivity contribution in [3.63, 3.8) is 0 Å². The van der Waals surface area contributed by atoms with Gasteiger partial charge in [0.2, 0.25) is 5.91 Å². The van der Waals surface area contributed by atoms with E-state index in [1.54, 1.807) is 24.3 Å². The Bertz CT molecular complexity index is 804. The van der Waals surface area contributed by atoms with E-state index in [1.165, 1.54) is 0 Å². The van der Waals surface area contributed by atoms with Gasteiger partial charge in [0, 0.05) is 24.6 Å². The van der Waals surface area contributed by atoms with Crippen molar-refractivity contribution in [2.75, 3.05) is 18.5 Å². The maximum Gasteiger partial charge on any atom is 0.253 e. The molecular weight excluding hydrogens is 364 g/mol. The van der Waals surface area contributed by atoms with E-state index in [0.29, 0.717) is 29.2 Å². The van der Waals surface area contributed by atoms with E-state index in [2.05, 4.69) is 10.6 Å². The Morgan fingerprint density at radius 2 is 1.89 bits per heavy atom. The van der Waals surface area contributed by atoms with Gasteiger partial charge in [0.15, 0.2) is 0 Å². The van der Waals surface area contributed by atoms with Crippen molar-refractivity contribution < 1.29 is 14.3 Å². The number of halogens is 1. The molecule has 2 N–H and O–H groups in total. The number of carbonyl (C=O) groups is 2. The Balaban J connectivity index is 1.57. The van der Waals surface area contributed by atoms with Gasteiger partial charge in [-0.1, -0.05) is 41.9 Å². The van der Waals surface area contributed by atoms with Crippen LogP contribution in [0.5, 0.6) is 0 Å². The topological polar surface area (TPSA) is 67.4 Å². The highest BCUT2D eigenvalue weighted by molar-refractivity contribution is 6.31. The Labute approximate surface area is 164 Å². The molecule has 0 unspecified atom stereocenters. The van der Waals surface area contributed by atoms with E-state index in [4.69, 9.17) is 16.3 Å². The molecule has 1 atom stereocenters. The highest BCUT2D eigenvalue weighted by atomic mass is 35.5. The van der Waals surface area contributed by atoms with Crippen LogP contribution in [0.2, 0.25) is 5.02 Å². The highest BCUT2D eigenvalue weighted by Gasteiger charge is 2.18. The van der Waals surface area contributed by atoms with Crippen LogP contribution in [0.1, 0.15) is 35.2 Å². The molecule has 27 heavy (non-hydrogen) atoms. The van der Waals surface area contributed by atoms with E-state index in [-0.39, 0.29) is 24.3 Å². The number of para-hydroxylation sites is 1. The zero-order valence-corrected chi connectivity index (χ0v) is 15.8. The Hall–Kier alpha value is -2.37. The largest absolute Gasteiger partial charge is 0.376 e. The lowest BCUT2D eigenvalue weighted by atomic mass is 10.1. The molecule has 0 saturated carbocycles. The summed E-state index contributed by atoms with van der Waals surface area (Å²) in [5.74, 6) is -0.373. The molecule has 0 spiro atoms. The first-order valence-corrected chi connectivity index (χ1v) is 9.53. The molecule has 142 valence electrons. The molecular formula is C21H23ClN2O3. The normalized spacial score (nSPS) is 16.1. The van der Waals surface area contributed by atoms with Crippen molar-refractivity contribution >= 4 is 29.1 Å². The molecule has 1 saturated heterocycles. The summed E-state index contributed by atoms with van der Waals surface area (Å²) in [4.78, 5) is 24.8.